The van der Waals surface area contributed by atoms with Crippen LogP contribution in [0.25, 0.3) is 10.6 Å². The van der Waals surface area contributed by atoms with Gasteiger partial charge in [0.15, 0.2) is 11.5 Å². The standard InChI is InChI=1S/C21H19F3N2O3S/c1-26(2)20(27)16-5-4-6-17(28-3)18(16)29-11-15-12-30-19(25-15)13-7-9-14(10-8-13)21(22,23)24/h4-10,12H,11H2,1-3H3. The highest BCUT2D eigenvalue weighted by atomic mass is 32.1. The molecular formula is C21H19F3N2O3S. The number of amides is 1. The normalized spacial score (nSPS) is 11.3. The molecule has 0 aliphatic rings. The van der Waals surface area contributed by atoms with Crippen LogP contribution in [0.15, 0.2) is 47.8 Å². The van der Waals surface area contributed by atoms with Gasteiger partial charge in [0, 0.05) is 25.0 Å². The largest absolute Gasteiger partial charge is 0.493 e. The predicted octanol–water partition coefficient (Wildman–Crippen LogP) is 5.12. The number of ether oxygens (including phenoxy) is 2. The van der Waals surface area contributed by atoms with Gasteiger partial charge in [-0.05, 0) is 24.3 Å². The number of carbonyl (C=O) groups is 1. The van der Waals surface area contributed by atoms with Crippen LogP contribution in [0.4, 0.5) is 13.2 Å². The van der Waals surface area contributed by atoms with Crippen LogP contribution in [0.1, 0.15) is 21.6 Å². The molecule has 0 aliphatic carbocycles. The van der Waals surface area contributed by atoms with Crippen LogP contribution < -0.4 is 9.47 Å². The zero-order valence-electron chi connectivity index (χ0n) is 16.5. The second-order valence-corrected chi connectivity index (χ2v) is 7.40. The average Bonchev–Trinajstić information content (AvgIpc) is 3.19. The monoisotopic (exact) mass is 436 g/mol. The van der Waals surface area contributed by atoms with Gasteiger partial charge in [-0.2, -0.15) is 13.2 Å². The van der Waals surface area contributed by atoms with Gasteiger partial charge in [0.2, 0.25) is 0 Å². The third-order valence-corrected chi connectivity index (χ3v) is 5.15. The fraction of sp³-hybridized carbons (Fsp3) is 0.238. The first-order chi connectivity index (χ1) is 14.2. The second-order valence-electron chi connectivity index (χ2n) is 6.54. The average molecular weight is 436 g/mol. The third-order valence-electron chi connectivity index (χ3n) is 4.21. The summed E-state index contributed by atoms with van der Waals surface area (Å²) in [4.78, 5) is 18.3. The SMILES string of the molecule is COc1cccc(C(=O)N(C)C)c1OCc1csc(-c2ccc(C(F)(F)F)cc2)n1. The maximum atomic E-state index is 12.7. The summed E-state index contributed by atoms with van der Waals surface area (Å²) in [5.41, 5.74) is 0.822. The number of alkyl halides is 3. The maximum Gasteiger partial charge on any atom is 0.416 e. The topological polar surface area (TPSA) is 51.7 Å². The van der Waals surface area contributed by atoms with Crippen molar-refractivity contribution in [3.8, 4) is 22.1 Å². The molecule has 158 valence electrons. The molecule has 0 saturated heterocycles. The number of rotatable bonds is 6. The van der Waals surface area contributed by atoms with Crippen LogP contribution in [0.3, 0.4) is 0 Å². The van der Waals surface area contributed by atoms with E-state index in [4.69, 9.17) is 9.47 Å². The van der Waals surface area contributed by atoms with Crippen molar-refractivity contribution in [2.24, 2.45) is 0 Å². The second kappa shape index (κ2) is 8.74. The van der Waals surface area contributed by atoms with E-state index >= 15 is 0 Å². The quantitative estimate of drug-likeness (QED) is 0.538. The third kappa shape index (κ3) is 4.73. The lowest BCUT2D eigenvalue weighted by molar-refractivity contribution is -0.137. The highest BCUT2D eigenvalue weighted by molar-refractivity contribution is 7.13. The Kier molecular flexibility index (Phi) is 6.31. The number of aromatic nitrogens is 1. The molecule has 0 radical (unpaired) electrons. The molecule has 9 heteroatoms. The molecule has 0 N–H and O–H groups in total. The van der Waals surface area contributed by atoms with Crippen molar-refractivity contribution in [1.82, 2.24) is 9.88 Å². The summed E-state index contributed by atoms with van der Waals surface area (Å²) < 4.78 is 49.3. The van der Waals surface area contributed by atoms with Crippen LogP contribution in [0, 0.1) is 0 Å². The summed E-state index contributed by atoms with van der Waals surface area (Å²) >= 11 is 1.30. The Morgan fingerprint density at radius 1 is 1.13 bits per heavy atom. The van der Waals surface area contributed by atoms with E-state index in [0.717, 1.165) is 12.1 Å². The van der Waals surface area contributed by atoms with E-state index in [9.17, 15) is 18.0 Å². The van der Waals surface area contributed by atoms with E-state index < -0.39 is 11.7 Å². The number of halogens is 3. The lowest BCUT2D eigenvalue weighted by Crippen LogP contribution is -2.22. The number of carbonyl (C=O) groups excluding carboxylic acids is 1. The number of hydrogen-bond acceptors (Lipinski definition) is 5. The molecule has 30 heavy (non-hydrogen) atoms. The first-order valence-electron chi connectivity index (χ1n) is 8.84. The molecule has 0 fully saturated rings. The van der Waals surface area contributed by atoms with Crippen LogP contribution >= 0.6 is 11.3 Å². The van der Waals surface area contributed by atoms with Gasteiger partial charge in [-0.3, -0.25) is 4.79 Å². The Labute approximate surface area is 175 Å². The van der Waals surface area contributed by atoms with Gasteiger partial charge in [-0.25, -0.2) is 4.98 Å². The maximum absolute atomic E-state index is 12.7. The van der Waals surface area contributed by atoms with Crippen LogP contribution in [-0.4, -0.2) is 37.0 Å². The van der Waals surface area contributed by atoms with E-state index in [1.54, 1.807) is 37.7 Å². The van der Waals surface area contributed by atoms with Gasteiger partial charge >= 0.3 is 6.18 Å². The van der Waals surface area contributed by atoms with Crippen molar-refractivity contribution < 1.29 is 27.4 Å². The minimum absolute atomic E-state index is 0.0746. The van der Waals surface area contributed by atoms with Crippen molar-refractivity contribution in [2.75, 3.05) is 21.2 Å². The van der Waals surface area contributed by atoms with Gasteiger partial charge in [-0.1, -0.05) is 18.2 Å². The van der Waals surface area contributed by atoms with Crippen molar-refractivity contribution in [1.29, 1.82) is 0 Å². The molecule has 0 saturated carbocycles. The molecule has 1 heterocycles. The number of benzene rings is 2. The van der Waals surface area contributed by atoms with Gasteiger partial charge in [0.05, 0.1) is 23.9 Å². The Hall–Kier alpha value is -3.07. The number of thiazole rings is 1. The van der Waals surface area contributed by atoms with E-state index in [-0.39, 0.29) is 12.5 Å². The number of para-hydroxylation sites is 1. The minimum Gasteiger partial charge on any atom is -0.493 e. The smallest absolute Gasteiger partial charge is 0.416 e. The molecule has 0 bridgehead atoms. The molecule has 0 spiro atoms. The fourth-order valence-corrected chi connectivity index (χ4v) is 3.50. The Bertz CT molecular complexity index is 1030. The minimum atomic E-state index is -4.38. The summed E-state index contributed by atoms with van der Waals surface area (Å²) in [7, 11) is 4.77. The molecule has 1 amide bonds. The highest BCUT2D eigenvalue weighted by Crippen LogP contribution is 2.34. The van der Waals surface area contributed by atoms with Gasteiger partial charge in [0.1, 0.15) is 11.6 Å². The van der Waals surface area contributed by atoms with Crippen LogP contribution in [-0.2, 0) is 12.8 Å². The number of hydrogen-bond donors (Lipinski definition) is 0. The van der Waals surface area contributed by atoms with Crippen molar-refractivity contribution in [3.63, 3.8) is 0 Å². The highest BCUT2D eigenvalue weighted by Gasteiger charge is 2.30. The molecule has 0 aliphatic heterocycles. The Morgan fingerprint density at radius 2 is 1.83 bits per heavy atom. The summed E-state index contributed by atoms with van der Waals surface area (Å²) in [6, 6.07) is 9.88. The molecule has 3 aromatic rings. The summed E-state index contributed by atoms with van der Waals surface area (Å²) in [6.45, 7) is 0.0746. The Balaban J connectivity index is 1.79. The fourth-order valence-electron chi connectivity index (χ4n) is 2.69. The predicted molar refractivity (Wildman–Crippen MR) is 108 cm³/mol. The molecule has 0 unspecified atom stereocenters. The summed E-state index contributed by atoms with van der Waals surface area (Å²) in [6.07, 6.45) is -4.38. The van der Waals surface area contributed by atoms with Crippen molar-refractivity contribution in [2.45, 2.75) is 12.8 Å². The van der Waals surface area contributed by atoms with E-state index in [1.165, 1.54) is 35.5 Å². The van der Waals surface area contributed by atoms with E-state index in [1.807, 2.05) is 0 Å². The molecule has 5 nitrogen and oxygen atoms in total. The molecule has 0 atom stereocenters. The molecular weight excluding hydrogens is 417 g/mol. The van der Waals surface area contributed by atoms with E-state index in [0.29, 0.717) is 33.3 Å². The van der Waals surface area contributed by atoms with Crippen LogP contribution in [0.5, 0.6) is 11.5 Å². The summed E-state index contributed by atoms with van der Waals surface area (Å²) in [5.74, 6) is 0.497. The number of methoxy groups -OCH3 is 1. The molecule has 1 aromatic heterocycles. The zero-order valence-corrected chi connectivity index (χ0v) is 17.3. The lowest BCUT2D eigenvalue weighted by Gasteiger charge is -2.16. The van der Waals surface area contributed by atoms with Crippen LogP contribution in [0.2, 0.25) is 0 Å². The van der Waals surface area contributed by atoms with Crippen molar-refractivity contribution in [3.05, 3.63) is 64.7 Å². The van der Waals surface area contributed by atoms with Gasteiger partial charge in [-0.15, -0.1) is 11.3 Å². The molecule has 3 rings (SSSR count). The van der Waals surface area contributed by atoms with Crippen molar-refractivity contribution >= 4 is 17.2 Å². The van der Waals surface area contributed by atoms with Gasteiger partial charge in [0.25, 0.3) is 5.91 Å². The summed E-state index contributed by atoms with van der Waals surface area (Å²) in [5, 5.41) is 2.34. The van der Waals surface area contributed by atoms with E-state index in [2.05, 4.69) is 4.98 Å². The Morgan fingerprint density at radius 3 is 2.43 bits per heavy atom. The van der Waals surface area contributed by atoms with Gasteiger partial charge < -0.3 is 14.4 Å². The first-order valence-corrected chi connectivity index (χ1v) is 9.72. The first kappa shape index (κ1) is 21.6. The number of nitrogens with zero attached hydrogens (tertiary/aromatic N) is 2. The zero-order chi connectivity index (χ0) is 21.9. The molecule has 2 aromatic carbocycles. The lowest BCUT2D eigenvalue weighted by atomic mass is 10.1.